The van der Waals surface area contributed by atoms with Gasteiger partial charge in [-0.05, 0) is 54.2 Å². The summed E-state index contributed by atoms with van der Waals surface area (Å²) in [5, 5.41) is 0.891. The summed E-state index contributed by atoms with van der Waals surface area (Å²) in [4.78, 5) is 0. The second kappa shape index (κ2) is 7.71. The predicted molar refractivity (Wildman–Crippen MR) is 92.9 cm³/mol. The summed E-state index contributed by atoms with van der Waals surface area (Å²) in [5.41, 5.74) is 2.31. The third-order valence-corrected chi connectivity index (χ3v) is 5.28. The maximum Gasteiger partial charge on any atom is 0.124 e. The Balaban J connectivity index is 2.11. The fraction of sp³-hybridized carbons (Fsp3) is 0.250. The zero-order valence-electron chi connectivity index (χ0n) is 10.8. The zero-order chi connectivity index (χ0) is 14.5. The monoisotopic (exact) mass is 462 g/mol. The number of halogens is 4. The third kappa shape index (κ3) is 4.68. The molecule has 1 unspecified atom stereocenters. The number of hydrogen-bond donors (Lipinski definition) is 0. The first-order chi connectivity index (χ1) is 9.58. The molecule has 0 amide bonds. The fourth-order valence-corrected chi connectivity index (χ4v) is 3.64. The van der Waals surface area contributed by atoms with E-state index in [9.17, 15) is 4.39 Å². The molecule has 0 saturated carbocycles. The molecule has 0 aliphatic carbocycles. The van der Waals surface area contributed by atoms with Crippen molar-refractivity contribution < 1.29 is 4.39 Å². The zero-order valence-corrected chi connectivity index (χ0v) is 15.5. The van der Waals surface area contributed by atoms with Gasteiger partial charge in [0.05, 0.1) is 0 Å². The molecule has 0 saturated heterocycles. The lowest BCUT2D eigenvalue weighted by Gasteiger charge is -2.15. The lowest BCUT2D eigenvalue weighted by atomic mass is 9.94. The molecule has 0 nitrogen and oxygen atoms in total. The Kier molecular flexibility index (Phi) is 6.24. The normalized spacial score (nSPS) is 12.4. The van der Waals surface area contributed by atoms with Crippen molar-refractivity contribution in [2.24, 2.45) is 5.92 Å². The van der Waals surface area contributed by atoms with Crippen LogP contribution < -0.4 is 0 Å². The van der Waals surface area contributed by atoms with Gasteiger partial charge in [-0.2, -0.15) is 0 Å². The SMILES string of the molecule is Fc1cc(Br)cc(CC(CBr)Cc2ccccc2Br)c1. The first-order valence-corrected chi connectivity index (χ1v) is 9.03. The van der Waals surface area contributed by atoms with Crippen LogP contribution in [-0.2, 0) is 12.8 Å². The Bertz CT molecular complexity index is 563. The Hall–Kier alpha value is -0.190. The van der Waals surface area contributed by atoms with E-state index in [1.807, 2.05) is 18.2 Å². The number of alkyl halides is 1. The Labute approximate surface area is 144 Å². The van der Waals surface area contributed by atoms with E-state index in [1.165, 1.54) is 11.6 Å². The van der Waals surface area contributed by atoms with Gasteiger partial charge >= 0.3 is 0 Å². The van der Waals surface area contributed by atoms with Crippen LogP contribution in [-0.4, -0.2) is 5.33 Å². The molecule has 0 fully saturated rings. The van der Waals surface area contributed by atoms with Gasteiger partial charge in [0.1, 0.15) is 5.82 Å². The average Bonchev–Trinajstić information content (AvgIpc) is 2.39. The Morgan fingerprint density at radius 3 is 2.40 bits per heavy atom. The lowest BCUT2D eigenvalue weighted by molar-refractivity contribution is 0.581. The topological polar surface area (TPSA) is 0 Å². The van der Waals surface area contributed by atoms with Crippen molar-refractivity contribution >= 4 is 47.8 Å². The maximum atomic E-state index is 13.4. The van der Waals surface area contributed by atoms with Crippen molar-refractivity contribution in [3.63, 3.8) is 0 Å². The summed E-state index contributed by atoms with van der Waals surface area (Å²) >= 11 is 10.5. The molecule has 0 heterocycles. The second-order valence-electron chi connectivity index (χ2n) is 4.80. The molecule has 0 bridgehead atoms. The first-order valence-electron chi connectivity index (χ1n) is 6.33. The van der Waals surface area contributed by atoms with Crippen molar-refractivity contribution in [3.8, 4) is 0 Å². The van der Waals surface area contributed by atoms with Crippen LogP contribution in [0, 0.1) is 11.7 Å². The molecule has 2 aromatic rings. The molecule has 0 N–H and O–H groups in total. The molecule has 0 aliphatic rings. The summed E-state index contributed by atoms with van der Waals surface area (Å²) in [6, 6.07) is 13.3. The van der Waals surface area contributed by atoms with Gasteiger partial charge in [0.2, 0.25) is 0 Å². The van der Waals surface area contributed by atoms with E-state index in [0.29, 0.717) is 5.92 Å². The number of hydrogen-bond acceptors (Lipinski definition) is 0. The van der Waals surface area contributed by atoms with Gasteiger partial charge in [-0.15, -0.1) is 0 Å². The first kappa shape index (κ1) is 16.2. The van der Waals surface area contributed by atoms with Crippen LogP contribution in [0.25, 0.3) is 0 Å². The van der Waals surface area contributed by atoms with Gasteiger partial charge in [0, 0.05) is 14.3 Å². The molecule has 0 radical (unpaired) electrons. The van der Waals surface area contributed by atoms with Gasteiger partial charge in [0.25, 0.3) is 0 Å². The van der Waals surface area contributed by atoms with Gasteiger partial charge < -0.3 is 0 Å². The van der Waals surface area contributed by atoms with E-state index in [1.54, 1.807) is 6.07 Å². The molecule has 2 rings (SSSR count). The minimum absolute atomic E-state index is 0.191. The van der Waals surface area contributed by atoms with Crippen molar-refractivity contribution in [1.82, 2.24) is 0 Å². The molecule has 0 aromatic heterocycles. The van der Waals surface area contributed by atoms with E-state index < -0.39 is 0 Å². The quantitative estimate of drug-likeness (QED) is 0.466. The number of rotatable bonds is 5. The van der Waals surface area contributed by atoms with Crippen molar-refractivity contribution in [2.75, 3.05) is 5.33 Å². The molecule has 0 spiro atoms. The van der Waals surface area contributed by atoms with Crippen LogP contribution in [0.15, 0.2) is 51.4 Å². The largest absolute Gasteiger partial charge is 0.207 e. The summed E-state index contributed by atoms with van der Waals surface area (Å²) in [6.07, 6.45) is 1.81. The molecule has 2 aromatic carbocycles. The molecule has 0 aliphatic heterocycles. The van der Waals surface area contributed by atoms with Crippen LogP contribution in [0.4, 0.5) is 4.39 Å². The third-order valence-electron chi connectivity index (χ3n) is 3.13. The summed E-state index contributed by atoms with van der Waals surface area (Å²) in [6.45, 7) is 0. The highest BCUT2D eigenvalue weighted by molar-refractivity contribution is 9.10. The van der Waals surface area contributed by atoms with Crippen molar-refractivity contribution in [1.29, 1.82) is 0 Å². The fourth-order valence-electron chi connectivity index (χ4n) is 2.22. The minimum atomic E-state index is -0.191. The predicted octanol–water partition coefficient (Wildman–Crippen LogP) is 6.15. The van der Waals surface area contributed by atoms with Crippen molar-refractivity contribution in [2.45, 2.75) is 12.8 Å². The van der Waals surface area contributed by atoms with E-state index in [2.05, 4.69) is 59.9 Å². The van der Waals surface area contributed by atoms with Gasteiger partial charge in [0.15, 0.2) is 0 Å². The van der Waals surface area contributed by atoms with E-state index in [-0.39, 0.29) is 5.82 Å². The highest BCUT2D eigenvalue weighted by Crippen LogP contribution is 2.24. The van der Waals surface area contributed by atoms with Gasteiger partial charge in [-0.3, -0.25) is 0 Å². The van der Waals surface area contributed by atoms with Crippen LogP contribution in [0.1, 0.15) is 11.1 Å². The molecular formula is C16H14Br3F. The summed E-state index contributed by atoms with van der Waals surface area (Å²) in [7, 11) is 0. The highest BCUT2D eigenvalue weighted by Gasteiger charge is 2.12. The van der Waals surface area contributed by atoms with E-state index >= 15 is 0 Å². The summed E-state index contributed by atoms with van der Waals surface area (Å²) < 4.78 is 15.3. The smallest absolute Gasteiger partial charge is 0.124 e. The Morgan fingerprint density at radius 2 is 1.75 bits per heavy atom. The highest BCUT2D eigenvalue weighted by atomic mass is 79.9. The van der Waals surface area contributed by atoms with Crippen LogP contribution in [0.3, 0.4) is 0 Å². The molecular weight excluding hydrogens is 451 g/mol. The van der Waals surface area contributed by atoms with Crippen LogP contribution >= 0.6 is 47.8 Å². The standard InChI is InChI=1S/C16H14Br3F/c17-10-12(6-13-3-1-2-4-16(13)19)5-11-7-14(18)9-15(20)8-11/h1-4,7-9,12H,5-6,10H2. The molecule has 106 valence electrons. The van der Waals surface area contributed by atoms with E-state index in [0.717, 1.165) is 32.7 Å². The molecule has 1 atom stereocenters. The molecule has 4 heteroatoms. The van der Waals surface area contributed by atoms with Gasteiger partial charge in [-0.25, -0.2) is 4.39 Å². The second-order valence-corrected chi connectivity index (χ2v) is 7.22. The van der Waals surface area contributed by atoms with Crippen LogP contribution in [0.2, 0.25) is 0 Å². The number of benzene rings is 2. The van der Waals surface area contributed by atoms with Crippen LogP contribution in [0.5, 0.6) is 0 Å². The molecule has 20 heavy (non-hydrogen) atoms. The Morgan fingerprint density at radius 1 is 1.00 bits per heavy atom. The lowest BCUT2D eigenvalue weighted by Crippen LogP contribution is -2.10. The van der Waals surface area contributed by atoms with Gasteiger partial charge in [-0.1, -0.05) is 66.0 Å². The maximum absolute atomic E-state index is 13.4. The van der Waals surface area contributed by atoms with Crippen molar-refractivity contribution in [3.05, 3.63) is 68.4 Å². The van der Waals surface area contributed by atoms with E-state index in [4.69, 9.17) is 0 Å². The average molecular weight is 465 g/mol. The summed E-state index contributed by atoms with van der Waals surface area (Å²) in [5.74, 6) is 0.242. The minimum Gasteiger partial charge on any atom is -0.207 e.